The number of hydrogen-bond acceptors (Lipinski definition) is 4. The van der Waals surface area contributed by atoms with Gasteiger partial charge in [0.25, 0.3) is 0 Å². The average molecular weight is 224 g/mol. The first-order valence-corrected chi connectivity index (χ1v) is 5.77. The van der Waals surface area contributed by atoms with Crippen molar-refractivity contribution in [3.8, 4) is 0 Å². The van der Waals surface area contributed by atoms with Crippen molar-refractivity contribution in [2.45, 2.75) is 45.3 Å². The highest BCUT2D eigenvalue weighted by molar-refractivity contribution is 5.78. The second-order valence-corrected chi connectivity index (χ2v) is 5.87. The van der Waals surface area contributed by atoms with Gasteiger partial charge in [-0.05, 0) is 19.8 Å². The van der Waals surface area contributed by atoms with E-state index >= 15 is 0 Å². The molecule has 3 aliphatic rings. The van der Waals surface area contributed by atoms with Gasteiger partial charge in [-0.15, -0.1) is 0 Å². The van der Waals surface area contributed by atoms with E-state index in [2.05, 4.69) is 6.92 Å². The number of carbonyl (C=O) groups excluding carboxylic acids is 2. The molecule has 5 atom stereocenters. The second-order valence-electron chi connectivity index (χ2n) is 5.87. The minimum Gasteiger partial charge on any atom is -0.458 e. The van der Waals surface area contributed by atoms with Crippen LogP contribution in [0, 0.1) is 17.3 Å². The third kappa shape index (κ3) is 0.955. The fourth-order valence-electron chi connectivity index (χ4n) is 4.17. The maximum Gasteiger partial charge on any atom is 0.310 e. The molecule has 2 aliphatic carbocycles. The summed E-state index contributed by atoms with van der Waals surface area (Å²) in [7, 11) is 0. The Morgan fingerprint density at radius 2 is 2.12 bits per heavy atom. The highest BCUT2D eigenvalue weighted by atomic mass is 16.6. The standard InChI is InChI=1S/C12H16O4/c1-6(13)15-10-11(2)4-7-8(5-11)12(10,3)16-9(7)14/h7-8,10H,4-5H2,1-3H3. The molecule has 1 saturated heterocycles. The van der Waals surface area contributed by atoms with E-state index in [4.69, 9.17) is 9.47 Å². The Labute approximate surface area is 94.3 Å². The van der Waals surface area contributed by atoms with Crippen LogP contribution in [0.25, 0.3) is 0 Å². The van der Waals surface area contributed by atoms with Gasteiger partial charge >= 0.3 is 11.9 Å². The Balaban J connectivity index is 2.01. The molecule has 16 heavy (non-hydrogen) atoms. The van der Waals surface area contributed by atoms with E-state index in [1.807, 2.05) is 6.92 Å². The summed E-state index contributed by atoms with van der Waals surface area (Å²) in [4.78, 5) is 22.9. The van der Waals surface area contributed by atoms with Crippen LogP contribution in [0.2, 0.25) is 0 Å². The lowest BCUT2D eigenvalue weighted by Gasteiger charge is -2.38. The van der Waals surface area contributed by atoms with Crippen molar-refractivity contribution in [1.82, 2.24) is 0 Å². The molecule has 0 aromatic rings. The van der Waals surface area contributed by atoms with Crippen LogP contribution in [0.5, 0.6) is 0 Å². The fraction of sp³-hybridized carbons (Fsp3) is 0.833. The summed E-state index contributed by atoms with van der Waals surface area (Å²) in [5.74, 6) is -0.137. The van der Waals surface area contributed by atoms with Crippen molar-refractivity contribution in [2.75, 3.05) is 0 Å². The zero-order chi connectivity index (χ0) is 11.7. The number of rotatable bonds is 1. The molecule has 3 rings (SSSR count). The molecule has 2 bridgehead atoms. The third-order valence-corrected chi connectivity index (χ3v) is 4.66. The van der Waals surface area contributed by atoms with E-state index < -0.39 is 5.60 Å². The molecular weight excluding hydrogens is 208 g/mol. The van der Waals surface area contributed by atoms with Gasteiger partial charge in [-0.3, -0.25) is 9.59 Å². The number of fused-ring (bicyclic) bond motifs is 1. The van der Waals surface area contributed by atoms with Crippen LogP contribution in [-0.2, 0) is 19.1 Å². The van der Waals surface area contributed by atoms with Crippen molar-refractivity contribution in [1.29, 1.82) is 0 Å². The topological polar surface area (TPSA) is 52.6 Å². The Bertz CT molecular complexity index is 390. The Morgan fingerprint density at radius 1 is 1.44 bits per heavy atom. The first-order valence-electron chi connectivity index (χ1n) is 5.77. The lowest BCUT2D eigenvalue weighted by Crippen LogP contribution is -2.49. The largest absolute Gasteiger partial charge is 0.458 e. The monoisotopic (exact) mass is 224 g/mol. The highest BCUT2D eigenvalue weighted by Gasteiger charge is 2.74. The van der Waals surface area contributed by atoms with Crippen LogP contribution in [0.1, 0.15) is 33.6 Å². The van der Waals surface area contributed by atoms with Crippen LogP contribution < -0.4 is 0 Å². The molecule has 1 heterocycles. The molecule has 2 saturated carbocycles. The van der Waals surface area contributed by atoms with Gasteiger partial charge in [0.1, 0.15) is 6.10 Å². The Morgan fingerprint density at radius 3 is 2.75 bits per heavy atom. The Hall–Kier alpha value is -1.06. The summed E-state index contributed by atoms with van der Waals surface area (Å²) in [6.45, 7) is 5.42. The van der Waals surface area contributed by atoms with Gasteiger partial charge < -0.3 is 9.47 Å². The number of hydrogen-bond donors (Lipinski definition) is 0. The molecule has 0 aromatic heterocycles. The van der Waals surface area contributed by atoms with Crippen molar-refractivity contribution >= 4 is 11.9 Å². The van der Waals surface area contributed by atoms with E-state index in [-0.39, 0.29) is 35.3 Å². The molecule has 0 aromatic carbocycles. The SMILES string of the molecule is CC(=O)OC1C2(C)CC3C(=O)OC1(C)C3C2. The van der Waals surface area contributed by atoms with Crippen molar-refractivity contribution in [2.24, 2.45) is 17.3 Å². The highest BCUT2D eigenvalue weighted by Crippen LogP contribution is 2.66. The molecule has 4 heteroatoms. The van der Waals surface area contributed by atoms with E-state index in [1.54, 1.807) is 0 Å². The first-order chi connectivity index (χ1) is 7.37. The molecule has 3 fully saturated rings. The van der Waals surface area contributed by atoms with E-state index in [0.717, 1.165) is 12.8 Å². The fourth-order valence-corrected chi connectivity index (χ4v) is 4.17. The smallest absolute Gasteiger partial charge is 0.310 e. The van der Waals surface area contributed by atoms with Gasteiger partial charge in [0.05, 0.1) is 5.92 Å². The summed E-state index contributed by atoms with van der Waals surface area (Å²) in [5.41, 5.74) is -0.664. The zero-order valence-corrected chi connectivity index (χ0v) is 9.78. The van der Waals surface area contributed by atoms with E-state index in [0.29, 0.717) is 0 Å². The quantitative estimate of drug-likeness (QED) is 0.629. The van der Waals surface area contributed by atoms with E-state index in [1.165, 1.54) is 6.92 Å². The summed E-state index contributed by atoms with van der Waals surface area (Å²) < 4.78 is 10.9. The van der Waals surface area contributed by atoms with Crippen LogP contribution in [0.15, 0.2) is 0 Å². The van der Waals surface area contributed by atoms with Gasteiger partial charge in [-0.1, -0.05) is 6.92 Å². The zero-order valence-electron chi connectivity index (χ0n) is 9.78. The summed E-state index contributed by atoms with van der Waals surface area (Å²) in [5, 5.41) is 0. The lowest BCUT2D eigenvalue weighted by molar-refractivity contribution is -0.177. The maximum atomic E-state index is 11.7. The van der Waals surface area contributed by atoms with Crippen LogP contribution in [-0.4, -0.2) is 23.6 Å². The molecule has 0 amide bonds. The maximum absolute atomic E-state index is 11.7. The van der Waals surface area contributed by atoms with Crippen molar-refractivity contribution in [3.63, 3.8) is 0 Å². The first kappa shape index (κ1) is 10.1. The van der Waals surface area contributed by atoms with Crippen molar-refractivity contribution in [3.05, 3.63) is 0 Å². The van der Waals surface area contributed by atoms with Gasteiger partial charge in [-0.2, -0.15) is 0 Å². The van der Waals surface area contributed by atoms with Gasteiger partial charge in [0.15, 0.2) is 5.60 Å². The molecule has 5 unspecified atom stereocenters. The predicted octanol–water partition coefficient (Wildman–Crippen LogP) is 1.28. The molecule has 0 N–H and O–H groups in total. The van der Waals surface area contributed by atoms with Gasteiger partial charge in [-0.25, -0.2) is 0 Å². The molecule has 1 aliphatic heterocycles. The molecule has 4 nitrogen and oxygen atoms in total. The third-order valence-electron chi connectivity index (χ3n) is 4.66. The molecule has 0 spiro atoms. The summed E-state index contributed by atoms with van der Waals surface area (Å²) in [6, 6.07) is 0. The van der Waals surface area contributed by atoms with Crippen LogP contribution in [0.4, 0.5) is 0 Å². The molecular formula is C12H16O4. The normalized spacial score (nSPS) is 52.9. The van der Waals surface area contributed by atoms with Gasteiger partial charge in [0.2, 0.25) is 0 Å². The van der Waals surface area contributed by atoms with Crippen LogP contribution >= 0.6 is 0 Å². The lowest BCUT2D eigenvalue weighted by atomic mass is 9.73. The number of esters is 2. The second kappa shape index (κ2) is 2.60. The van der Waals surface area contributed by atoms with Gasteiger partial charge in [0, 0.05) is 18.3 Å². The minimum absolute atomic E-state index is 0.0295. The predicted molar refractivity (Wildman–Crippen MR) is 54.4 cm³/mol. The summed E-state index contributed by atoms with van der Waals surface area (Å²) >= 11 is 0. The van der Waals surface area contributed by atoms with E-state index in [9.17, 15) is 9.59 Å². The Kier molecular flexibility index (Phi) is 1.65. The average Bonchev–Trinajstić information content (AvgIpc) is 2.65. The molecule has 0 radical (unpaired) electrons. The van der Waals surface area contributed by atoms with Crippen LogP contribution in [0.3, 0.4) is 0 Å². The summed E-state index contributed by atoms with van der Waals surface area (Å²) in [6.07, 6.45) is 1.45. The number of carbonyl (C=O) groups is 2. The minimum atomic E-state index is -0.583. The number of ether oxygens (including phenoxy) is 2. The molecule has 88 valence electrons. The van der Waals surface area contributed by atoms with Crippen molar-refractivity contribution < 1.29 is 19.1 Å².